The third kappa shape index (κ3) is 5.36. The van der Waals surface area contributed by atoms with Crippen molar-refractivity contribution in [1.29, 1.82) is 0 Å². The predicted molar refractivity (Wildman–Crippen MR) is 111 cm³/mol. The molecular formula is C21H30N2O5S. The maximum atomic E-state index is 12.6. The van der Waals surface area contributed by atoms with Crippen LogP contribution in [-0.4, -0.2) is 48.0 Å². The highest BCUT2D eigenvalue weighted by Gasteiger charge is 2.34. The van der Waals surface area contributed by atoms with Gasteiger partial charge in [0.2, 0.25) is 11.8 Å². The summed E-state index contributed by atoms with van der Waals surface area (Å²) in [6, 6.07) is 0. The van der Waals surface area contributed by atoms with Gasteiger partial charge in [-0.15, -0.1) is 11.3 Å². The smallest absolute Gasteiger partial charge is 0.341 e. The summed E-state index contributed by atoms with van der Waals surface area (Å²) in [6.07, 6.45) is 4.07. The predicted octanol–water partition coefficient (Wildman–Crippen LogP) is 3.51. The van der Waals surface area contributed by atoms with Gasteiger partial charge in [-0.2, -0.15) is 0 Å². The second-order valence-electron chi connectivity index (χ2n) is 8.14. The van der Waals surface area contributed by atoms with Crippen LogP contribution in [0.3, 0.4) is 0 Å². The number of fused-ring (bicyclic) bond motifs is 1. The van der Waals surface area contributed by atoms with Crippen LogP contribution in [0.25, 0.3) is 0 Å². The molecule has 160 valence electrons. The number of piperidine rings is 1. The molecule has 29 heavy (non-hydrogen) atoms. The van der Waals surface area contributed by atoms with Crippen molar-refractivity contribution in [3.63, 3.8) is 0 Å². The molecule has 7 nitrogen and oxygen atoms in total. The number of likely N-dealkylation sites (tertiary alicyclic amines) is 1. The van der Waals surface area contributed by atoms with Crippen LogP contribution in [0.1, 0.15) is 73.7 Å². The van der Waals surface area contributed by atoms with E-state index in [0.29, 0.717) is 23.6 Å². The maximum Gasteiger partial charge on any atom is 0.341 e. The van der Waals surface area contributed by atoms with Crippen LogP contribution in [0.15, 0.2) is 0 Å². The molecule has 3 heterocycles. The number of hydrogen-bond acceptors (Lipinski definition) is 6. The molecule has 0 atom stereocenters. The minimum Gasteiger partial charge on any atom is -0.462 e. The highest BCUT2D eigenvalue weighted by atomic mass is 32.1. The number of nitrogens with zero attached hydrogens (tertiary/aromatic N) is 1. The van der Waals surface area contributed by atoms with Gasteiger partial charge in [-0.05, 0) is 45.6 Å². The summed E-state index contributed by atoms with van der Waals surface area (Å²) in [6.45, 7) is 7.94. The van der Waals surface area contributed by atoms with E-state index in [1.807, 2.05) is 18.7 Å². The lowest BCUT2D eigenvalue weighted by atomic mass is 9.93. The van der Waals surface area contributed by atoms with E-state index in [0.717, 1.165) is 42.8 Å². The number of anilines is 1. The zero-order valence-electron chi connectivity index (χ0n) is 17.5. The average Bonchev–Trinajstić information content (AvgIpc) is 3.02. The molecule has 3 rings (SSSR count). The fraction of sp³-hybridized carbons (Fsp3) is 0.667. The maximum absolute atomic E-state index is 12.6. The van der Waals surface area contributed by atoms with Crippen LogP contribution in [-0.2, 0) is 32.1 Å². The van der Waals surface area contributed by atoms with Crippen LogP contribution in [0, 0.1) is 0 Å². The Bertz CT molecular complexity index is 780. The Morgan fingerprint density at radius 2 is 1.90 bits per heavy atom. The minimum atomic E-state index is -0.428. The first-order chi connectivity index (χ1) is 13.8. The quantitative estimate of drug-likeness (QED) is 0.709. The molecule has 0 bridgehead atoms. The molecule has 1 aromatic heterocycles. The zero-order chi connectivity index (χ0) is 21.0. The van der Waals surface area contributed by atoms with Crippen molar-refractivity contribution in [1.82, 2.24) is 4.90 Å². The summed E-state index contributed by atoms with van der Waals surface area (Å²) in [4.78, 5) is 40.2. The fourth-order valence-electron chi connectivity index (χ4n) is 3.77. The zero-order valence-corrected chi connectivity index (χ0v) is 18.3. The van der Waals surface area contributed by atoms with Crippen molar-refractivity contribution in [2.45, 2.75) is 71.5 Å². The van der Waals surface area contributed by atoms with Crippen LogP contribution < -0.4 is 5.32 Å². The number of rotatable bonds is 6. The lowest BCUT2D eigenvalue weighted by Crippen LogP contribution is -2.35. The molecular weight excluding hydrogens is 392 g/mol. The Hall–Kier alpha value is -1.93. The fourth-order valence-corrected chi connectivity index (χ4v) is 4.91. The average molecular weight is 423 g/mol. The van der Waals surface area contributed by atoms with Gasteiger partial charge < -0.3 is 19.7 Å². The number of thiophene rings is 1. The molecule has 1 aromatic rings. The molecule has 0 unspecified atom stereocenters. The molecule has 0 saturated carbocycles. The van der Waals surface area contributed by atoms with Gasteiger partial charge in [0, 0.05) is 37.2 Å². The van der Waals surface area contributed by atoms with E-state index in [-0.39, 0.29) is 36.9 Å². The normalized spacial score (nSPS) is 18.1. The topological polar surface area (TPSA) is 84.9 Å². The van der Waals surface area contributed by atoms with Crippen LogP contribution in [0.2, 0.25) is 0 Å². The first-order valence-electron chi connectivity index (χ1n) is 10.3. The van der Waals surface area contributed by atoms with Crippen molar-refractivity contribution in [2.75, 3.05) is 25.0 Å². The largest absolute Gasteiger partial charge is 0.462 e. The first-order valence-corrected chi connectivity index (χ1v) is 11.2. The summed E-state index contributed by atoms with van der Waals surface area (Å²) in [5, 5.41) is 3.34. The number of carbonyl (C=O) groups is 3. The lowest BCUT2D eigenvalue weighted by Gasteiger charge is -2.30. The highest BCUT2D eigenvalue weighted by Crippen LogP contribution is 2.40. The minimum absolute atomic E-state index is 0.0195. The van der Waals surface area contributed by atoms with Crippen molar-refractivity contribution in [2.24, 2.45) is 0 Å². The highest BCUT2D eigenvalue weighted by molar-refractivity contribution is 7.17. The van der Waals surface area contributed by atoms with Crippen molar-refractivity contribution in [3.8, 4) is 0 Å². The van der Waals surface area contributed by atoms with E-state index >= 15 is 0 Å². The van der Waals surface area contributed by atoms with E-state index in [1.54, 1.807) is 6.92 Å². The Balaban J connectivity index is 1.69. The van der Waals surface area contributed by atoms with E-state index in [1.165, 1.54) is 11.3 Å². The molecule has 1 saturated heterocycles. The van der Waals surface area contributed by atoms with Gasteiger partial charge in [0.15, 0.2) is 0 Å². The number of carbonyl (C=O) groups excluding carboxylic acids is 3. The number of hydrogen-bond donors (Lipinski definition) is 1. The van der Waals surface area contributed by atoms with Gasteiger partial charge in [0.05, 0.1) is 24.4 Å². The molecule has 8 heteroatoms. The van der Waals surface area contributed by atoms with Crippen LogP contribution in [0.4, 0.5) is 5.00 Å². The molecule has 1 N–H and O–H groups in total. The molecule has 0 aliphatic carbocycles. The molecule has 2 aliphatic heterocycles. The number of nitrogens with one attached hydrogen (secondary N) is 1. The SMILES string of the molecule is CCOC(=O)c1c(NC(=O)CCC(=O)N2CCCCC2)sc2c1CC(C)(C)OC2. The summed E-state index contributed by atoms with van der Waals surface area (Å²) in [7, 11) is 0. The van der Waals surface area contributed by atoms with Gasteiger partial charge in [-0.1, -0.05) is 0 Å². The van der Waals surface area contributed by atoms with Crippen molar-refractivity contribution < 1.29 is 23.9 Å². The second kappa shape index (κ2) is 9.26. The summed E-state index contributed by atoms with van der Waals surface area (Å²) in [5.41, 5.74) is 0.945. The van der Waals surface area contributed by atoms with Crippen LogP contribution in [0.5, 0.6) is 0 Å². The molecule has 0 spiro atoms. The van der Waals surface area contributed by atoms with Gasteiger partial charge >= 0.3 is 5.97 Å². The number of esters is 1. The number of ether oxygens (including phenoxy) is 2. The monoisotopic (exact) mass is 422 g/mol. The summed E-state index contributed by atoms with van der Waals surface area (Å²) in [5.74, 6) is -0.673. The summed E-state index contributed by atoms with van der Waals surface area (Å²) < 4.78 is 11.1. The second-order valence-corrected chi connectivity index (χ2v) is 9.25. The molecule has 2 aliphatic rings. The Morgan fingerprint density at radius 3 is 2.59 bits per heavy atom. The van der Waals surface area contributed by atoms with E-state index in [4.69, 9.17) is 9.47 Å². The first kappa shape index (κ1) is 21.8. The van der Waals surface area contributed by atoms with Crippen molar-refractivity contribution in [3.05, 3.63) is 16.0 Å². The Labute approximate surface area is 175 Å². The number of amides is 2. The van der Waals surface area contributed by atoms with E-state index < -0.39 is 5.97 Å². The lowest BCUT2D eigenvalue weighted by molar-refractivity contribution is -0.133. The summed E-state index contributed by atoms with van der Waals surface area (Å²) >= 11 is 1.35. The molecule has 2 amide bonds. The molecule has 0 aromatic carbocycles. The van der Waals surface area contributed by atoms with Gasteiger partial charge in [-0.3, -0.25) is 9.59 Å². The standard InChI is InChI=1S/C21H30N2O5S/c1-4-27-20(26)18-14-12-21(2,3)28-13-15(14)29-19(18)22-16(24)8-9-17(25)23-10-6-5-7-11-23/h4-13H2,1-3H3,(H,22,24). The molecule has 0 radical (unpaired) electrons. The van der Waals surface area contributed by atoms with Crippen molar-refractivity contribution >= 4 is 34.1 Å². The third-order valence-corrected chi connectivity index (χ3v) is 6.42. The van der Waals surface area contributed by atoms with E-state index in [9.17, 15) is 14.4 Å². The molecule has 1 fully saturated rings. The van der Waals surface area contributed by atoms with Gasteiger partial charge in [0.25, 0.3) is 0 Å². The Kier molecular flexibility index (Phi) is 6.95. The van der Waals surface area contributed by atoms with E-state index in [2.05, 4.69) is 5.32 Å². The van der Waals surface area contributed by atoms with Gasteiger partial charge in [0.1, 0.15) is 5.00 Å². The Morgan fingerprint density at radius 1 is 1.17 bits per heavy atom. The van der Waals surface area contributed by atoms with Crippen LogP contribution >= 0.6 is 11.3 Å². The third-order valence-electron chi connectivity index (χ3n) is 5.29. The van der Waals surface area contributed by atoms with Gasteiger partial charge in [-0.25, -0.2) is 4.79 Å².